The van der Waals surface area contributed by atoms with Crippen LogP contribution < -0.4 is 0 Å². The molecule has 14 heavy (non-hydrogen) atoms. The molecule has 0 atom stereocenters. The smallest absolute Gasteiger partial charge is 0.0602 e. The van der Waals surface area contributed by atoms with Gasteiger partial charge in [-0.1, -0.05) is 6.42 Å². The zero-order valence-corrected chi connectivity index (χ0v) is 9.94. The molecular formula is C13H24O. The van der Waals surface area contributed by atoms with Crippen molar-refractivity contribution in [3.05, 3.63) is 0 Å². The lowest BCUT2D eigenvalue weighted by atomic mass is 9.60. The molecule has 0 aromatic heterocycles. The summed E-state index contributed by atoms with van der Waals surface area (Å²) in [6.07, 6.45) is 10.5. The Bertz CT molecular complexity index is 188. The van der Waals surface area contributed by atoms with E-state index in [-0.39, 0.29) is 5.60 Å². The average molecular weight is 196 g/mol. The third kappa shape index (κ3) is 2.31. The van der Waals surface area contributed by atoms with E-state index >= 15 is 0 Å². The quantitative estimate of drug-likeness (QED) is 0.617. The molecule has 2 rings (SSSR count). The van der Waals surface area contributed by atoms with Gasteiger partial charge in [0, 0.05) is 0 Å². The molecule has 0 heterocycles. The highest BCUT2D eigenvalue weighted by Gasteiger charge is 2.40. The van der Waals surface area contributed by atoms with Crippen LogP contribution in [0.2, 0.25) is 0 Å². The van der Waals surface area contributed by atoms with Gasteiger partial charge in [0.25, 0.3) is 0 Å². The second-order valence-corrected chi connectivity index (χ2v) is 6.28. The van der Waals surface area contributed by atoms with E-state index in [1.807, 2.05) is 0 Å². The second kappa shape index (κ2) is 3.52. The summed E-state index contributed by atoms with van der Waals surface area (Å²) in [5.41, 5.74) is 0.826. The fourth-order valence-electron chi connectivity index (χ4n) is 3.00. The van der Waals surface area contributed by atoms with E-state index in [0.717, 1.165) is 5.41 Å². The van der Waals surface area contributed by atoms with Crippen molar-refractivity contribution in [3.8, 4) is 0 Å². The van der Waals surface area contributed by atoms with Gasteiger partial charge in [0.1, 0.15) is 0 Å². The minimum atomic E-state index is 0.0504. The molecule has 0 N–H and O–H groups in total. The summed E-state index contributed by atoms with van der Waals surface area (Å²) in [7, 11) is 0. The molecule has 1 spiro atoms. The van der Waals surface area contributed by atoms with Crippen molar-refractivity contribution in [2.24, 2.45) is 5.41 Å². The molecule has 0 amide bonds. The topological polar surface area (TPSA) is 9.23 Å². The van der Waals surface area contributed by atoms with Crippen molar-refractivity contribution in [3.63, 3.8) is 0 Å². The third-order valence-corrected chi connectivity index (χ3v) is 3.93. The lowest BCUT2D eigenvalue weighted by Gasteiger charge is -2.47. The van der Waals surface area contributed by atoms with E-state index in [1.165, 1.54) is 44.9 Å². The highest BCUT2D eigenvalue weighted by molar-refractivity contribution is 4.92. The van der Waals surface area contributed by atoms with Crippen LogP contribution in [0, 0.1) is 5.41 Å². The maximum absolute atomic E-state index is 6.04. The van der Waals surface area contributed by atoms with Crippen LogP contribution in [-0.2, 0) is 4.74 Å². The summed E-state index contributed by atoms with van der Waals surface area (Å²) >= 11 is 0. The fraction of sp³-hybridized carbons (Fsp3) is 1.00. The largest absolute Gasteiger partial charge is 0.373 e. The molecule has 0 bridgehead atoms. The molecule has 0 aliphatic heterocycles. The van der Waals surface area contributed by atoms with Crippen molar-refractivity contribution in [2.45, 2.75) is 77.4 Å². The van der Waals surface area contributed by atoms with Crippen molar-refractivity contribution < 1.29 is 4.74 Å². The minimum absolute atomic E-state index is 0.0504. The summed E-state index contributed by atoms with van der Waals surface area (Å²) in [5.74, 6) is 0. The van der Waals surface area contributed by atoms with E-state index in [1.54, 1.807) is 0 Å². The Hall–Kier alpha value is -0.0400. The van der Waals surface area contributed by atoms with Gasteiger partial charge in [-0.15, -0.1) is 0 Å². The van der Waals surface area contributed by atoms with Crippen LogP contribution in [0.25, 0.3) is 0 Å². The normalized spacial score (nSPS) is 27.6. The predicted molar refractivity (Wildman–Crippen MR) is 59.4 cm³/mol. The summed E-state index contributed by atoms with van der Waals surface area (Å²) in [6.45, 7) is 6.50. The second-order valence-electron chi connectivity index (χ2n) is 6.28. The molecule has 0 saturated heterocycles. The lowest BCUT2D eigenvalue weighted by Crippen LogP contribution is -2.38. The van der Waals surface area contributed by atoms with Gasteiger partial charge < -0.3 is 4.74 Å². The predicted octanol–water partition coefficient (Wildman–Crippen LogP) is 3.91. The monoisotopic (exact) mass is 196 g/mol. The van der Waals surface area contributed by atoms with Crippen LogP contribution >= 0.6 is 0 Å². The third-order valence-electron chi connectivity index (χ3n) is 3.93. The molecule has 0 aromatic rings. The molecule has 0 radical (unpaired) electrons. The fourth-order valence-corrected chi connectivity index (χ4v) is 3.00. The van der Waals surface area contributed by atoms with Crippen molar-refractivity contribution in [2.75, 3.05) is 0 Å². The Morgan fingerprint density at radius 2 is 1.57 bits per heavy atom. The Kier molecular flexibility index (Phi) is 2.63. The summed E-state index contributed by atoms with van der Waals surface area (Å²) < 4.78 is 6.04. The van der Waals surface area contributed by atoms with Crippen molar-refractivity contribution in [1.82, 2.24) is 0 Å². The Labute approximate surface area is 88.2 Å². The summed E-state index contributed by atoms with van der Waals surface area (Å²) in [6, 6.07) is 0. The molecule has 1 nitrogen and oxygen atoms in total. The highest BCUT2D eigenvalue weighted by Crippen LogP contribution is 2.52. The average Bonchev–Trinajstić information content (AvgIpc) is 2.00. The molecule has 82 valence electrons. The Morgan fingerprint density at radius 3 is 1.93 bits per heavy atom. The van der Waals surface area contributed by atoms with E-state index in [9.17, 15) is 0 Å². The summed E-state index contributed by atoms with van der Waals surface area (Å²) in [5, 5.41) is 0. The van der Waals surface area contributed by atoms with Crippen LogP contribution in [0.4, 0.5) is 0 Å². The van der Waals surface area contributed by atoms with Gasteiger partial charge in [0.05, 0.1) is 11.7 Å². The maximum Gasteiger partial charge on any atom is 0.0602 e. The van der Waals surface area contributed by atoms with Gasteiger partial charge >= 0.3 is 0 Å². The van der Waals surface area contributed by atoms with Gasteiger partial charge in [-0.05, 0) is 64.7 Å². The van der Waals surface area contributed by atoms with Gasteiger partial charge in [-0.3, -0.25) is 0 Å². The van der Waals surface area contributed by atoms with Crippen molar-refractivity contribution in [1.29, 1.82) is 0 Å². The van der Waals surface area contributed by atoms with Crippen LogP contribution in [-0.4, -0.2) is 11.7 Å². The first kappa shape index (κ1) is 10.5. The number of hydrogen-bond acceptors (Lipinski definition) is 1. The summed E-state index contributed by atoms with van der Waals surface area (Å²) in [4.78, 5) is 0. The van der Waals surface area contributed by atoms with Crippen LogP contribution in [0.5, 0.6) is 0 Å². The molecule has 2 saturated carbocycles. The van der Waals surface area contributed by atoms with E-state index in [2.05, 4.69) is 20.8 Å². The van der Waals surface area contributed by atoms with Crippen LogP contribution in [0.3, 0.4) is 0 Å². The molecular weight excluding hydrogens is 172 g/mol. The highest BCUT2D eigenvalue weighted by atomic mass is 16.5. The first-order chi connectivity index (χ1) is 6.49. The molecule has 2 aliphatic carbocycles. The first-order valence-corrected chi connectivity index (χ1v) is 6.17. The zero-order chi connectivity index (χ0) is 10.2. The number of rotatable bonds is 1. The van der Waals surface area contributed by atoms with Crippen LogP contribution in [0.1, 0.15) is 65.7 Å². The zero-order valence-electron chi connectivity index (χ0n) is 9.94. The molecule has 0 unspecified atom stereocenters. The standard InChI is InChI=1S/C13H24O/c1-12(2,3)14-11-5-9-13(10-6-11)7-4-8-13/h11H,4-10H2,1-3H3. The molecule has 2 fully saturated rings. The Balaban J connectivity index is 1.78. The van der Waals surface area contributed by atoms with Crippen molar-refractivity contribution >= 4 is 0 Å². The number of hydrogen-bond donors (Lipinski definition) is 0. The van der Waals surface area contributed by atoms with Crippen LogP contribution in [0.15, 0.2) is 0 Å². The van der Waals surface area contributed by atoms with Gasteiger partial charge in [0.2, 0.25) is 0 Å². The molecule has 2 aliphatic rings. The SMILES string of the molecule is CC(C)(C)OC1CCC2(CCC2)CC1. The molecule has 1 heteroatoms. The minimum Gasteiger partial charge on any atom is -0.373 e. The lowest BCUT2D eigenvalue weighted by molar-refractivity contribution is -0.0971. The van der Waals surface area contributed by atoms with Gasteiger partial charge in [-0.25, -0.2) is 0 Å². The Morgan fingerprint density at radius 1 is 1.00 bits per heavy atom. The van der Waals surface area contributed by atoms with E-state index < -0.39 is 0 Å². The van der Waals surface area contributed by atoms with E-state index in [4.69, 9.17) is 4.74 Å². The van der Waals surface area contributed by atoms with E-state index in [0.29, 0.717) is 6.10 Å². The molecule has 0 aromatic carbocycles. The first-order valence-electron chi connectivity index (χ1n) is 6.17. The number of ether oxygens (including phenoxy) is 1. The van der Waals surface area contributed by atoms with Gasteiger partial charge in [0.15, 0.2) is 0 Å². The maximum atomic E-state index is 6.04. The van der Waals surface area contributed by atoms with Gasteiger partial charge in [-0.2, -0.15) is 0 Å².